The number of nitrogens with one attached hydrogen (secondary N) is 2. The van der Waals surface area contributed by atoms with E-state index in [-0.39, 0.29) is 18.3 Å². The number of halogens is 1. The van der Waals surface area contributed by atoms with Gasteiger partial charge in [0.2, 0.25) is 0 Å². The smallest absolute Gasteiger partial charge is 0.274 e. The average molecular weight is 351 g/mol. The molecule has 2 aromatic rings. The summed E-state index contributed by atoms with van der Waals surface area (Å²) >= 11 is 0. The topological polar surface area (TPSA) is 74.2 Å². The molecule has 7 heteroatoms. The highest BCUT2D eigenvalue weighted by molar-refractivity contribution is 5.93. The maximum atomic E-state index is 12.6. The first-order valence-corrected chi connectivity index (χ1v) is 8.41. The Morgan fingerprint density at radius 2 is 2.12 bits per heavy atom. The van der Waals surface area contributed by atoms with Crippen LogP contribution >= 0.6 is 12.4 Å². The second kappa shape index (κ2) is 7.40. The molecule has 6 nitrogen and oxygen atoms in total. The fourth-order valence-corrected chi connectivity index (χ4v) is 3.09. The Labute approximate surface area is 147 Å². The van der Waals surface area contributed by atoms with E-state index in [4.69, 9.17) is 4.42 Å². The molecule has 1 aliphatic heterocycles. The van der Waals surface area contributed by atoms with E-state index in [0.717, 1.165) is 44.1 Å². The van der Waals surface area contributed by atoms with E-state index in [1.54, 1.807) is 12.3 Å². The highest BCUT2D eigenvalue weighted by Crippen LogP contribution is 2.28. The lowest BCUT2D eigenvalue weighted by Gasteiger charge is -2.32. The van der Waals surface area contributed by atoms with Crippen molar-refractivity contribution in [2.45, 2.75) is 31.7 Å². The molecule has 0 atom stereocenters. The first-order chi connectivity index (χ1) is 11.3. The van der Waals surface area contributed by atoms with Crippen molar-refractivity contribution in [2.24, 2.45) is 5.92 Å². The number of hydrogen-bond donors (Lipinski definition) is 2. The minimum atomic E-state index is -0.000279. The summed E-state index contributed by atoms with van der Waals surface area (Å²) in [5.41, 5.74) is 1.19. The van der Waals surface area contributed by atoms with Crippen LogP contribution in [0.5, 0.6) is 0 Å². The molecule has 2 aromatic heterocycles. The van der Waals surface area contributed by atoms with Gasteiger partial charge in [-0.1, -0.05) is 0 Å². The van der Waals surface area contributed by atoms with E-state index in [1.165, 1.54) is 12.8 Å². The number of carbonyl (C=O) groups is 1. The normalized spacial score (nSPS) is 18.4. The maximum Gasteiger partial charge on any atom is 0.274 e. The summed E-state index contributed by atoms with van der Waals surface area (Å²) in [5.74, 6) is 1.60. The Morgan fingerprint density at radius 1 is 1.33 bits per heavy atom. The zero-order chi connectivity index (χ0) is 15.6. The van der Waals surface area contributed by atoms with Crippen molar-refractivity contribution in [3.8, 4) is 11.5 Å². The fraction of sp³-hybridized carbons (Fsp3) is 0.529. The molecule has 0 bridgehead atoms. The molecule has 3 heterocycles. The lowest BCUT2D eigenvalue weighted by Crippen LogP contribution is -2.45. The summed E-state index contributed by atoms with van der Waals surface area (Å²) in [5, 5.41) is 10.6. The largest absolute Gasteiger partial charge is 0.463 e. The fourth-order valence-electron chi connectivity index (χ4n) is 3.09. The number of piperidine rings is 1. The highest BCUT2D eigenvalue weighted by atomic mass is 35.5. The highest BCUT2D eigenvalue weighted by Gasteiger charge is 2.27. The lowest BCUT2D eigenvalue weighted by molar-refractivity contribution is 0.0699. The van der Waals surface area contributed by atoms with Crippen LogP contribution in [0, 0.1) is 5.92 Å². The number of aromatic amines is 1. The molecule has 0 aromatic carbocycles. The Bertz CT molecular complexity index is 658. The molecule has 1 saturated heterocycles. The first-order valence-electron chi connectivity index (χ1n) is 8.41. The molecule has 0 spiro atoms. The number of furan rings is 1. The summed E-state index contributed by atoms with van der Waals surface area (Å²) in [7, 11) is 0. The zero-order valence-corrected chi connectivity index (χ0v) is 14.3. The summed E-state index contributed by atoms with van der Waals surface area (Å²) in [6, 6.07) is 5.98. The van der Waals surface area contributed by atoms with Gasteiger partial charge < -0.3 is 14.6 Å². The van der Waals surface area contributed by atoms with Crippen LogP contribution in [0.15, 0.2) is 28.9 Å². The van der Waals surface area contributed by atoms with Crippen LogP contribution in [-0.2, 0) is 0 Å². The molecule has 2 fully saturated rings. The number of amides is 1. The SMILES string of the molecule is Cl.O=C(c1cc(-c2ccco2)[nH]n1)N1CCC(NCC2CC2)CC1. The molecule has 24 heavy (non-hydrogen) atoms. The molecule has 130 valence electrons. The second-order valence-corrected chi connectivity index (χ2v) is 6.56. The van der Waals surface area contributed by atoms with E-state index in [2.05, 4.69) is 15.5 Å². The Kier molecular flexibility index (Phi) is 5.26. The van der Waals surface area contributed by atoms with E-state index in [0.29, 0.717) is 17.5 Å². The predicted octanol–water partition coefficient (Wildman–Crippen LogP) is 2.70. The second-order valence-electron chi connectivity index (χ2n) is 6.56. The summed E-state index contributed by atoms with van der Waals surface area (Å²) < 4.78 is 5.32. The van der Waals surface area contributed by atoms with Gasteiger partial charge in [-0.2, -0.15) is 5.10 Å². The monoisotopic (exact) mass is 350 g/mol. The Hall–Kier alpha value is -1.79. The van der Waals surface area contributed by atoms with Crippen molar-refractivity contribution in [2.75, 3.05) is 19.6 Å². The minimum absolute atomic E-state index is 0. The third-order valence-electron chi connectivity index (χ3n) is 4.76. The van der Waals surface area contributed by atoms with Gasteiger partial charge in [0.25, 0.3) is 5.91 Å². The lowest BCUT2D eigenvalue weighted by atomic mass is 10.0. The molecule has 1 aliphatic carbocycles. The maximum absolute atomic E-state index is 12.6. The molecule has 2 N–H and O–H groups in total. The number of likely N-dealkylation sites (tertiary alicyclic amines) is 1. The van der Waals surface area contributed by atoms with Crippen LogP contribution in [-0.4, -0.2) is 46.7 Å². The third-order valence-corrected chi connectivity index (χ3v) is 4.76. The summed E-state index contributed by atoms with van der Waals surface area (Å²) in [4.78, 5) is 14.5. The number of hydrogen-bond acceptors (Lipinski definition) is 4. The standard InChI is InChI=1S/C17H22N4O2.ClH/c22-17(15-10-14(19-20-15)16-2-1-9-23-16)21-7-5-13(6-8-21)18-11-12-3-4-12;/h1-2,9-10,12-13,18H,3-8,11H2,(H,19,20);1H. The van der Waals surface area contributed by atoms with Gasteiger partial charge in [0.15, 0.2) is 11.5 Å². The molecular weight excluding hydrogens is 328 g/mol. The number of H-pyrrole nitrogens is 1. The minimum Gasteiger partial charge on any atom is -0.463 e. The number of rotatable bonds is 5. The van der Waals surface area contributed by atoms with Gasteiger partial charge in [0.05, 0.1) is 6.26 Å². The van der Waals surface area contributed by atoms with E-state index in [1.807, 2.05) is 17.0 Å². The van der Waals surface area contributed by atoms with Crippen molar-refractivity contribution in [1.82, 2.24) is 20.4 Å². The van der Waals surface area contributed by atoms with Crippen LogP contribution in [0.25, 0.3) is 11.5 Å². The van der Waals surface area contributed by atoms with Crippen molar-refractivity contribution in [1.29, 1.82) is 0 Å². The molecule has 1 saturated carbocycles. The van der Waals surface area contributed by atoms with Crippen LogP contribution in [0.3, 0.4) is 0 Å². The molecule has 4 rings (SSSR count). The third kappa shape index (κ3) is 3.82. The summed E-state index contributed by atoms with van der Waals surface area (Å²) in [6.45, 7) is 2.73. The van der Waals surface area contributed by atoms with Gasteiger partial charge in [0, 0.05) is 25.2 Å². The molecular formula is C17H23ClN4O2. The summed E-state index contributed by atoms with van der Waals surface area (Å²) in [6.07, 6.45) is 6.40. The Balaban J connectivity index is 0.00000169. The van der Waals surface area contributed by atoms with Gasteiger partial charge in [-0.05, 0) is 50.3 Å². The van der Waals surface area contributed by atoms with Crippen LogP contribution in [0.4, 0.5) is 0 Å². The average Bonchev–Trinajstić information content (AvgIpc) is 3.04. The predicted molar refractivity (Wildman–Crippen MR) is 93.2 cm³/mol. The Morgan fingerprint density at radius 3 is 2.79 bits per heavy atom. The van der Waals surface area contributed by atoms with Crippen LogP contribution in [0.1, 0.15) is 36.2 Å². The van der Waals surface area contributed by atoms with E-state index < -0.39 is 0 Å². The quantitative estimate of drug-likeness (QED) is 0.869. The van der Waals surface area contributed by atoms with E-state index >= 15 is 0 Å². The van der Waals surface area contributed by atoms with Crippen LogP contribution < -0.4 is 5.32 Å². The van der Waals surface area contributed by atoms with Crippen molar-refractivity contribution in [3.63, 3.8) is 0 Å². The molecule has 0 radical (unpaired) electrons. The molecule has 1 amide bonds. The van der Waals surface area contributed by atoms with Crippen LogP contribution in [0.2, 0.25) is 0 Å². The zero-order valence-electron chi connectivity index (χ0n) is 13.5. The van der Waals surface area contributed by atoms with Gasteiger partial charge in [0.1, 0.15) is 5.69 Å². The molecule has 0 unspecified atom stereocenters. The molecule has 2 aliphatic rings. The first kappa shape index (κ1) is 17.0. The van der Waals surface area contributed by atoms with E-state index in [9.17, 15) is 4.79 Å². The van der Waals surface area contributed by atoms with Gasteiger partial charge in [-0.25, -0.2) is 0 Å². The van der Waals surface area contributed by atoms with Gasteiger partial charge in [-0.3, -0.25) is 9.89 Å². The van der Waals surface area contributed by atoms with Gasteiger partial charge >= 0.3 is 0 Å². The van der Waals surface area contributed by atoms with Crippen molar-refractivity contribution < 1.29 is 9.21 Å². The number of aromatic nitrogens is 2. The number of nitrogens with zero attached hydrogens (tertiary/aromatic N) is 2. The van der Waals surface area contributed by atoms with Crippen molar-refractivity contribution >= 4 is 18.3 Å². The number of carbonyl (C=O) groups excluding carboxylic acids is 1. The van der Waals surface area contributed by atoms with Crippen molar-refractivity contribution in [3.05, 3.63) is 30.2 Å². The van der Waals surface area contributed by atoms with Gasteiger partial charge in [-0.15, -0.1) is 12.4 Å².